The molecule has 1 N–H and O–H groups in total. The molecule has 0 aromatic heterocycles. The summed E-state index contributed by atoms with van der Waals surface area (Å²) < 4.78 is 10.9. The third kappa shape index (κ3) is 3.72. The van der Waals surface area contributed by atoms with Crippen molar-refractivity contribution in [1.29, 1.82) is 0 Å². The normalized spacial score (nSPS) is 22.9. The number of benzene rings is 1. The monoisotopic (exact) mass is 281 g/mol. The summed E-state index contributed by atoms with van der Waals surface area (Å²) in [6, 6.07) is 6.61. The van der Waals surface area contributed by atoms with E-state index in [2.05, 4.69) is 18.3 Å². The second-order valence-corrected chi connectivity index (χ2v) is 6.25. The number of ether oxygens (including phenoxy) is 2. The maximum absolute atomic E-state index is 5.61. The number of methoxy groups -OCH3 is 1. The molecule has 3 nitrogen and oxygen atoms in total. The van der Waals surface area contributed by atoms with Crippen molar-refractivity contribution in [1.82, 2.24) is 0 Å². The van der Waals surface area contributed by atoms with E-state index in [1.165, 1.54) is 18.6 Å². The number of nitrogens with one attached hydrogen (secondary N) is 1. The fraction of sp³-hybridized carbons (Fsp3) is 0.600. The minimum Gasteiger partial charge on any atom is -0.493 e. The summed E-state index contributed by atoms with van der Waals surface area (Å²) in [5.41, 5.74) is 1.11. The Morgan fingerprint density at radius 1 is 1.37 bits per heavy atom. The largest absolute Gasteiger partial charge is 0.493 e. The van der Waals surface area contributed by atoms with Gasteiger partial charge in [-0.05, 0) is 37.7 Å². The average Bonchev–Trinajstić information content (AvgIpc) is 2.42. The van der Waals surface area contributed by atoms with Gasteiger partial charge in [0.15, 0.2) is 11.5 Å². The van der Waals surface area contributed by atoms with Crippen LogP contribution in [0.3, 0.4) is 0 Å². The lowest BCUT2D eigenvalue weighted by Crippen LogP contribution is -2.32. The number of hydrogen-bond donors (Lipinski definition) is 1. The van der Waals surface area contributed by atoms with Gasteiger partial charge < -0.3 is 14.8 Å². The van der Waals surface area contributed by atoms with Crippen LogP contribution in [-0.2, 0) is 0 Å². The van der Waals surface area contributed by atoms with Crippen LogP contribution < -0.4 is 14.8 Å². The highest BCUT2D eigenvalue weighted by Crippen LogP contribution is 2.33. The zero-order valence-corrected chi connectivity index (χ0v) is 12.8. The molecule has 1 fully saturated rings. The highest BCUT2D eigenvalue weighted by molar-refractivity contribution is 8.00. The Hall–Kier alpha value is -1.03. The molecule has 0 spiro atoms. The fourth-order valence-electron chi connectivity index (χ4n) is 2.36. The van der Waals surface area contributed by atoms with Crippen molar-refractivity contribution in [2.24, 2.45) is 0 Å². The fourth-order valence-corrected chi connectivity index (χ4v) is 3.50. The highest BCUT2D eigenvalue weighted by atomic mass is 32.2. The molecule has 0 saturated carbocycles. The standard InChI is InChI=1S/C15H23NO2S/c1-4-18-15-10-12(7-8-14(15)17-3)16-13-6-5-9-19-11(13)2/h7-8,10-11,13,16H,4-6,9H2,1-3H3. The van der Waals surface area contributed by atoms with Crippen molar-refractivity contribution < 1.29 is 9.47 Å². The molecule has 106 valence electrons. The predicted molar refractivity (Wildman–Crippen MR) is 82.7 cm³/mol. The summed E-state index contributed by atoms with van der Waals surface area (Å²) in [6.45, 7) is 4.93. The van der Waals surface area contributed by atoms with E-state index in [1.807, 2.05) is 30.8 Å². The molecule has 0 aliphatic carbocycles. The second kappa shape index (κ2) is 6.94. The van der Waals surface area contributed by atoms with E-state index >= 15 is 0 Å². The van der Waals surface area contributed by atoms with Gasteiger partial charge in [-0.25, -0.2) is 0 Å². The van der Waals surface area contributed by atoms with Crippen molar-refractivity contribution in [3.63, 3.8) is 0 Å². The summed E-state index contributed by atoms with van der Waals surface area (Å²) in [6.07, 6.45) is 2.53. The maximum Gasteiger partial charge on any atom is 0.163 e. The Labute approximate surface area is 120 Å². The van der Waals surface area contributed by atoms with E-state index in [0.717, 1.165) is 17.2 Å². The molecule has 0 amide bonds. The maximum atomic E-state index is 5.61. The molecule has 19 heavy (non-hydrogen) atoms. The average molecular weight is 281 g/mol. The zero-order valence-electron chi connectivity index (χ0n) is 11.9. The Morgan fingerprint density at radius 2 is 2.21 bits per heavy atom. The minimum atomic E-state index is 0.543. The van der Waals surface area contributed by atoms with Crippen LogP contribution in [0.15, 0.2) is 18.2 Å². The van der Waals surface area contributed by atoms with E-state index in [-0.39, 0.29) is 0 Å². The van der Waals surface area contributed by atoms with Gasteiger partial charge in [-0.1, -0.05) is 6.92 Å². The summed E-state index contributed by atoms with van der Waals surface area (Å²) in [4.78, 5) is 0. The van der Waals surface area contributed by atoms with E-state index in [0.29, 0.717) is 17.9 Å². The van der Waals surface area contributed by atoms with Gasteiger partial charge in [0.25, 0.3) is 0 Å². The van der Waals surface area contributed by atoms with Crippen LogP contribution in [0, 0.1) is 0 Å². The molecule has 2 unspecified atom stereocenters. The van der Waals surface area contributed by atoms with Crippen LogP contribution in [0.2, 0.25) is 0 Å². The van der Waals surface area contributed by atoms with Crippen LogP contribution in [0.5, 0.6) is 11.5 Å². The summed E-state index contributed by atoms with van der Waals surface area (Å²) >= 11 is 2.05. The van der Waals surface area contributed by atoms with Crippen molar-refractivity contribution in [2.75, 3.05) is 24.8 Å². The Balaban J connectivity index is 2.09. The molecule has 2 rings (SSSR count). The van der Waals surface area contributed by atoms with E-state index in [4.69, 9.17) is 9.47 Å². The molecular formula is C15H23NO2S. The first kappa shape index (κ1) is 14.4. The van der Waals surface area contributed by atoms with E-state index in [1.54, 1.807) is 7.11 Å². The molecule has 1 aliphatic rings. The summed E-state index contributed by atoms with van der Waals surface area (Å²) in [5.74, 6) is 2.89. The Bertz CT molecular complexity index is 411. The first-order valence-electron chi connectivity index (χ1n) is 6.93. The van der Waals surface area contributed by atoms with E-state index < -0.39 is 0 Å². The third-order valence-electron chi connectivity index (χ3n) is 3.42. The van der Waals surface area contributed by atoms with Crippen molar-refractivity contribution in [2.45, 2.75) is 38.0 Å². The Morgan fingerprint density at radius 3 is 2.89 bits per heavy atom. The minimum absolute atomic E-state index is 0.543. The van der Waals surface area contributed by atoms with Crippen LogP contribution in [0.1, 0.15) is 26.7 Å². The van der Waals surface area contributed by atoms with Gasteiger partial charge in [-0.2, -0.15) is 11.8 Å². The Kier molecular flexibility index (Phi) is 5.25. The predicted octanol–water partition coefficient (Wildman–Crippen LogP) is 3.79. The number of hydrogen-bond acceptors (Lipinski definition) is 4. The molecule has 2 atom stereocenters. The van der Waals surface area contributed by atoms with Crippen LogP contribution in [0.25, 0.3) is 0 Å². The first-order valence-corrected chi connectivity index (χ1v) is 7.98. The lowest BCUT2D eigenvalue weighted by Gasteiger charge is -2.30. The molecule has 1 heterocycles. The van der Waals surface area contributed by atoms with Crippen molar-refractivity contribution in [3.05, 3.63) is 18.2 Å². The lowest BCUT2D eigenvalue weighted by molar-refractivity contribution is 0.311. The quantitative estimate of drug-likeness (QED) is 0.889. The molecule has 1 aromatic rings. The topological polar surface area (TPSA) is 30.5 Å². The number of rotatable bonds is 5. The van der Waals surface area contributed by atoms with Gasteiger partial charge in [-0.3, -0.25) is 0 Å². The van der Waals surface area contributed by atoms with Crippen LogP contribution in [-0.4, -0.2) is 30.8 Å². The van der Waals surface area contributed by atoms with Crippen molar-refractivity contribution in [3.8, 4) is 11.5 Å². The number of anilines is 1. The molecule has 0 radical (unpaired) electrons. The molecule has 1 aliphatic heterocycles. The van der Waals surface area contributed by atoms with Gasteiger partial charge in [0.1, 0.15) is 0 Å². The van der Waals surface area contributed by atoms with Gasteiger partial charge in [-0.15, -0.1) is 0 Å². The SMILES string of the molecule is CCOc1cc(NC2CCCSC2C)ccc1OC. The smallest absolute Gasteiger partial charge is 0.163 e. The van der Waals surface area contributed by atoms with Crippen LogP contribution >= 0.6 is 11.8 Å². The molecule has 0 bridgehead atoms. The number of thioether (sulfide) groups is 1. The zero-order chi connectivity index (χ0) is 13.7. The molecular weight excluding hydrogens is 258 g/mol. The molecule has 1 saturated heterocycles. The second-order valence-electron chi connectivity index (χ2n) is 4.77. The van der Waals surface area contributed by atoms with Gasteiger partial charge in [0, 0.05) is 23.0 Å². The first-order chi connectivity index (χ1) is 9.24. The summed E-state index contributed by atoms with van der Waals surface area (Å²) in [7, 11) is 1.67. The van der Waals surface area contributed by atoms with Gasteiger partial charge >= 0.3 is 0 Å². The lowest BCUT2D eigenvalue weighted by atomic mass is 10.1. The van der Waals surface area contributed by atoms with Gasteiger partial charge in [0.05, 0.1) is 13.7 Å². The van der Waals surface area contributed by atoms with Crippen LogP contribution in [0.4, 0.5) is 5.69 Å². The highest BCUT2D eigenvalue weighted by Gasteiger charge is 2.21. The van der Waals surface area contributed by atoms with E-state index in [9.17, 15) is 0 Å². The van der Waals surface area contributed by atoms with Gasteiger partial charge in [0.2, 0.25) is 0 Å². The molecule has 1 aromatic carbocycles. The molecule has 4 heteroatoms. The third-order valence-corrected chi connectivity index (χ3v) is 4.80. The van der Waals surface area contributed by atoms with Crippen molar-refractivity contribution >= 4 is 17.4 Å². The summed E-state index contributed by atoms with van der Waals surface area (Å²) in [5, 5.41) is 4.28.